The lowest BCUT2D eigenvalue weighted by molar-refractivity contribution is -0.385. The van der Waals surface area contributed by atoms with Crippen molar-refractivity contribution in [1.82, 2.24) is 9.78 Å². The molecule has 7 nitrogen and oxygen atoms in total. The third-order valence-corrected chi connectivity index (χ3v) is 2.46. The number of benzene rings is 1. The number of carboxylic acid groups (broad SMARTS) is 1. The van der Waals surface area contributed by atoms with Gasteiger partial charge in [-0.3, -0.25) is 14.8 Å². The topological polar surface area (TPSA) is 98.3 Å². The van der Waals surface area contributed by atoms with Crippen LogP contribution in [0.1, 0.15) is 15.9 Å². The van der Waals surface area contributed by atoms with Gasteiger partial charge in [-0.2, -0.15) is 5.10 Å². The quantitative estimate of drug-likeness (QED) is 0.669. The van der Waals surface area contributed by atoms with Crippen LogP contribution < -0.4 is 0 Å². The molecule has 1 aromatic carbocycles. The summed E-state index contributed by atoms with van der Waals surface area (Å²) in [7, 11) is 0. The number of aromatic nitrogens is 2. The minimum absolute atomic E-state index is 0.0574. The Labute approximate surface area is 106 Å². The van der Waals surface area contributed by atoms with Crippen molar-refractivity contribution >= 4 is 11.7 Å². The van der Waals surface area contributed by atoms with Crippen LogP contribution in [0.3, 0.4) is 0 Å². The van der Waals surface area contributed by atoms with E-state index in [9.17, 15) is 19.3 Å². The molecule has 0 fully saturated rings. The van der Waals surface area contributed by atoms with Crippen LogP contribution in [-0.4, -0.2) is 25.8 Å². The van der Waals surface area contributed by atoms with E-state index in [1.165, 1.54) is 10.7 Å². The number of carbonyl (C=O) groups is 1. The van der Waals surface area contributed by atoms with Gasteiger partial charge in [-0.05, 0) is 18.2 Å². The predicted octanol–water partition coefficient (Wildman–Crippen LogP) is 1.68. The van der Waals surface area contributed by atoms with Crippen LogP contribution in [0.2, 0.25) is 0 Å². The van der Waals surface area contributed by atoms with Crippen molar-refractivity contribution in [2.75, 3.05) is 0 Å². The van der Waals surface area contributed by atoms with Crippen LogP contribution in [0.15, 0.2) is 30.6 Å². The first-order valence-electron chi connectivity index (χ1n) is 5.16. The van der Waals surface area contributed by atoms with Crippen molar-refractivity contribution in [3.05, 3.63) is 57.7 Å². The molecule has 0 bridgehead atoms. The van der Waals surface area contributed by atoms with E-state index in [0.29, 0.717) is 0 Å². The molecule has 1 heterocycles. The van der Waals surface area contributed by atoms with E-state index in [1.807, 2.05) is 0 Å². The first kappa shape index (κ1) is 12.7. The molecule has 0 aliphatic heterocycles. The molecular formula is C11H8FN3O4. The van der Waals surface area contributed by atoms with Gasteiger partial charge < -0.3 is 5.11 Å². The summed E-state index contributed by atoms with van der Waals surface area (Å²) in [6.45, 7) is -0.0825. The Bertz CT molecular complexity index is 653. The summed E-state index contributed by atoms with van der Waals surface area (Å²) in [6, 6.07) is 3.36. The highest BCUT2D eigenvalue weighted by atomic mass is 19.1. The molecule has 0 spiro atoms. The van der Waals surface area contributed by atoms with Gasteiger partial charge in [0.2, 0.25) is 0 Å². The number of hydrogen-bond acceptors (Lipinski definition) is 4. The molecule has 8 heteroatoms. The molecule has 19 heavy (non-hydrogen) atoms. The number of halogens is 1. The Balaban J connectivity index is 2.29. The molecule has 1 aromatic heterocycles. The Kier molecular flexibility index (Phi) is 3.23. The van der Waals surface area contributed by atoms with Crippen LogP contribution in [0.5, 0.6) is 0 Å². The third-order valence-electron chi connectivity index (χ3n) is 2.46. The van der Waals surface area contributed by atoms with Gasteiger partial charge in [0.1, 0.15) is 18.2 Å². The summed E-state index contributed by atoms with van der Waals surface area (Å²) in [5.74, 6) is -1.77. The summed E-state index contributed by atoms with van der Waals surface area (Å²) in [6.07, 6.45) is 2.19. The van der Waals surface area contributed by atoms with Gasteiger partial charge in [-0.1, -0.05) is 0 Å². The molecule has 98 valence electrons. The van der Waals surface area contributed by atoms with E-state index in [0.717, 1.165) is 24.5 Å². The molecule has 0 saturated carbocycles. The van der Waals surface area contributed by atoms with Crippen LogP contribution in [0, 0.1) is 15.9 Å². The van der Waals surface area contributed by atoms with E-state index in [-0.39, 0.29) is 23.4 Å². The van der Waals surface area contributed by atoms with Crippen molar-refractivity contribution in [1.29, 1.82) is 0 Å². The van der Waals surface area contributed by atoms with Crippen molar-refractivity contribution in [3.8, 4) is 0 Å². The van der Waals surface area contributed by atoms with Crippen LogP contribution in [0.25, 0.3) is 0 Å². The molecule has 0 saturated heterocycles. The van der Waals surface area contributed by atoms with Crippen LogP contribution >= 0.6 is 0 Å². The number of rotatable bonds is 4. The number of hydrogen-bond donors (Lipinski definition) is 1. The normalized spacial score (nSPS) is 10.4. The predicted molar refractivity (Wildman–Crippen MR) is 61.3 cm³/mol. The van der Waals surface area contributed by atoms with Gasteiger partial charge in [-0.25, -0.2) is 9.18 Å². The van der Waals surface area contributed by atoms with E-state index in [1.54, 1.807) is 0 Å². The maximum absolute atomic E-state index is 13.5. The first-order chi connectivity index (χ1) is 8.97. The average molecular weight is 265 g/mol. The maximum Gasteiger partial charge on any atom is 0.335 e. The van der Waals surface area contributed by atoms with E-state index in [2.05, 4.69) is 5.10 Å². The van der Waals surface area contributed by atoms with E-state index >= 15 is 0 Å². The summed E-state index contributed by atoms with van der Waals surface area (Å²) >= 11 is 0. The zero-order valence-electron chi connectivity index (χ0n) is 9.49. The fourth-order valence-electron chi connectivity index (χ4n) is 1.54. The monoisotopic (exact) mass is 265 g/mol. The average Bonchev–Trinajstić information content (AvgIpc) is 2.80. The molecule has 1 N–H and O–H groups in total. The lowest BCUT2D eigenvalue weighted by Crippen LogP contribution is -2.05. The largest absolute Gasteiger partial charge is 0.478 e. The Morgan fingerprint density at radius 1 is 1.53 bits per heavy atom. The summed E-state index contributed by atoms with van der Waals surface area (Å²) in [4.78, 5) is 20.6. The minimum atomic E-state index is -1.17. The Morgan fingerprint density at radius 3 is 2.84 bits per heavy atom. The molecule has 2 rings (SSSR count). The number of aromatic carboxylic acids is 1. The fourth-order valence-corrected chi connectivity index (χ4v) is 1.54. The number of carboxylic acids is 1. The molecule has 0 unspecified atom stereocenters. The van der Waals surface area contributed by atoms with Crippen molar-refractivity contribution in [2.24, 2.45) is 0 Å². The standard InChI is InChI=1S/C11H8FN3O4/c12-10-2-1-7(11(16)17)3-8(10)5-14-6-9(4-13-14)15(18)19/h1-4,6H,5H2,(H,16,17). The number of nitro groups is 1. The minimum Gasteiger partial charge on any atom is -0.478 e. The Morgan fingerprint density at radius 2 is 2.26 bits per heavy atom. The second kappa shape index (κ2) is 4.84. The SMILES string of the molecule is O=C(O)c1ccc(F)c(Cn2cc([N+](=O)[O-])cn2)c1. The molecule has 0 radical (unpaired) electrons. The third kappa shape index (κ3) is 2.73. The van der Waals surface area contributed by atoms with Gasteiger partial charge in [0.25, 0.3) is 0 Å². The Hall–Kier alpha value is -2.77. The van der Waals surface area contributed by atoms with Crippen LogP contribution in [0.4, 0.5) is 10.1 Å². The second-order valence-corrected chi connectivity index (χ2v) is 3.76. The highest BCUT2D eigenvalue weighted by Crippen LogP contribution is 2.14. The first-order valence-corrected chi connectivity index (χ1v) is 5.16. The summed E-state index contributed by atoms with van der Waals surface area (Å²) < 4.78 is 14.7. The number of nitrogens with zero attached hydrogens (tertiary/aromatic N) is 3. The lowest BCUT2D eigenvalue weighted by Gasteiger charge is -2.04. The molecule has 0 atom stereocenters. The van der Waals surface area contributed by atoms with Crippen molar-refractivity contribution < 1.29 is 19.2 Å². The fraction of sp³-hybridized carbons (Fsp3) is 0.0909. The highest BCUT2D eigenvalue weighted by molar-refractivity contribution is 5.87. The lowest BCUT2D eigenvalue weighted by atomic mass is 10.1. The zero-order valence-corrected chi connectivity index (χ0v) is 9.49. The van der Waals surface area contributed by atoms with Gasteiger partial charge in [0.15, 0.2) is 0 Å². The van der Waals surface area contributed by atoms with Crippen molar-refractivity contribution in [3.63, 3.8) is 0 Å². The molecule has 2 aromatic rings. The summed E-state index contributed by atoms with van der Waals surface area (Å²) in [5, 5.41) is 23.0. The maximum atomic E-state index is 13.5. The van der Waals surface area contributed by atoms with Gasteiger partial charge in [0.05, 0.1) is 17.0 Å². The smallest absolute Gasteiger partial charge is 0.335 e. The van der Waals surface area contributed by atoms with E-state index in [4.69, 9.17) is 5.11 Å². The molecule has 0 aliphatic carbocycles. The van der Waals surface area contributed by atoms with Gasteiger partial charge in [-0.15, -0.1) is 0 Å². The van der Waals surface area contributed by atoms with E-state index < -0.39 is 16.7 Å². The van der Waals surface area contributed by atoms with Gasteiger partial charge >= 0.3 is 11.7 Å². The molecule has 0 amide bonds. The molecule has 0 aliphatic rings. The highest BCUT2D eigenvalue weighted by Gasteiger charge is 2.12. The summed E-state index contributed by atoms with van der Waals surface area (Å²) in [5.41, 5.74) is -0.175. The van der Waals surface area contributed by atoms with Gasteiger partial charge in [0, 0.05) is 5.56 Å². The zero-order chi connectivity index (χ0) is 14.0. The van der Waals surface area contributed by atoms with Crippen molar-refractivity contribution in [2.45, 2.75) is 6.54 Å². The molecular weight excluding hydrogens is 257 g/mol. The van der Waals surface area contributed by atoms with Crippen LogP contribution in [-0.2, 0) is 6.54 Å². The second-order valence-electron chi connectivity index (χ2n) is 3.76.